The molecule has 0 spiro atoms. The van der Waals surface area contributed by atoms with E-state index >= 15 is 0 Å². The Morgan fingerprint density at radius 1 is 1.26 bits per heavy atom. The highest BCUT2D eigenvalue weighted by Crippen LogP contribution is 2.32. The maximum atomic E-state index is 13.5. The molecule has 1 aromatic heterocycles. The molecule has 2 atom stereocenters. The van der Waals surface area contributed by atoms with Gasteiger partial charge in [0.1, 0.15) is 0 Å². The van der Waals surface area contributed by atoms with Crippen molar-refractivity contribution in [2.24, 2.45) is 18.9 Å². The quantitative estimate of drug-likeness (QED) is 0.827. The van der Waals surface area contributed by atoms with Crippen LogP contribution >= 0.6 is 12.4 Å². The number of carbonyl (C=O) groups is 1. The lowest BCUT2D eigenvalue weighted by atomic mass is 9.84. The highest BCUT2D eigenvalue weighted by Gasteiger charge is 2.38. The van der Waals surface area contributed by atoms with Crippen LogP contribution in [0.15, 0.2) is 42.7 Å². The third-order valence-corrected chi connectivity index (χ3v) is 5.92. The third-order valence-electron chi connectivity index (χ3n) is 5.92. The average Bonchev–Trinajstić information content (AvgIpc) is 3.25. The van der Waals surface area contributed by atoms with Crippen LogP contribution < -0.4 is 5.32 Å². The molecule has 5 nitrogen and oxygen atoms in total. The van der Waals surface area contributed by atoms with Crippen molar-refractivity contribution in [3.63, 3.8) is 0 Å². The summed E-state index contributed by atoms with van der Waals surface area (Å²) in [7, 11) is 1.93. The van der Waals surface area contributed by atoms with Gasteiger partial charge in [-0.1, -0.05) is 36.8 Å². The Bertz CT molecular complexity index is 744. The smallest absolute Gasteiger partial charge is 0.227 e. The Morgan fingerprint density at radius 2 is 2.04 bits per heavy atom. The van der Waals surface area contributed by atoms with Crippen LogP contribution in [0.5, 0.6) is 0 Å². The largest absolute Gasteiger partial charge is 0.338 e. The van der Waals surface area contributed by atoms with Crippen LogP contribution in [-0.4, -0.2) is 40.2 Å². The highest BCUT2D eigenvalue weighted by molar-refractivity contribution is 5.85. The van der Waals surface area contributed by atoms with E-state index in [1.807, 2.05) is 30.2 Å². The number of carbonyl (C=O) groups excluding carboxylic acids is 1. The Kier molecular flexibility index (Phi) is 6.55. The summed E-state index contributed by atoms with van der Waals surface area (Å²) < 4.78 is 1.82. The second-order valence-electron chi connectivity index (χ2n) is 7.82. The van der Waals surface area contributed by atoms with Crippen LogP contribution in [0.4, 0.5) is 0 Å². The number of rotatable bonds is 6. The predicted octanol–water partition coefficient (Wildman–Crippen LogP) is 2.97. The van der Waals surface area contributed by atoms with Crippen molar-refractivity contribution in [2.45, 2.75) is 31.7 Å². The van der Waals surface area contributed by atoms with Gasteiger partial charge in [0.2, 0.25) is 5.91 Å². The molecule has 1 amide bonds. The van der Waals surface area contributed by atoms with Gasteiger partial charge in [0.25, 0.3) is 0 Å². The minimum absolute atomic E-state index is 0. The van der Waals surface area contributed by atoms with Gasteiger partial charge < -0.3 is 10.2 Å². The Morgan fingerprint density at radius 3 is 2.67 bits per heavy atom. The van der Waals surface area contributed by atoms with E-state index in [1.54, 1.807) is 0 Å². The number of hydrogen-bond acceptors (Lipinski definition) is 3. The van der Waals surface area contributed by atoms with E-state index in [9.17, 15) is 4.79 Å². The summed E-state index contributed by atoms with van der Waals surface area (Å²) in [4.78, 5) is 15.6. The van der Waals surface area contributed by atoms with Crippen molar-refractivity contribution in [1.82, 2.24) is 20.0 Å². The van der Waals surface area contributed by atoms with Gasteiger partial charge in [-0.15, -0.1) is 12.4 Å². The van der Waals surface area contributed by atoms with Crippen molar-refractivity contribution in [3.05, 3.63) is 53.9 Å². The number of benzene rings is 1. The number of amides is 1. The number of nitrogens with one attached hydrogen (secondary N) is 1. The second kappa shape index (κ2) is 8.89. The number of aromatic nitrogens is 2. The molecule has 1 aromatic carbocycles. The summed E-state index contributed by atoms with van der Waals surface area (Å²) in [5, 5.41) is 7.73. The third kappa shape index (κ3) is 4.53. The first-order chi connectivity index (χ1) is 12.7. The van der Waals surface area contributed by atoms with Crippen molar-refractivity contribution in [3.8, 4) is 0 Å². The maximum absolute atomic E-state index is 13.5. The zero-order valence-electron chi connectivity index (χ0n) is 15.9. The van der Waals surface area contributed by atoms with Gasteiger partial charge in [0.05, 0.1) is 12.1 Å². The zero-order chi connectivity index (χ0) is 17.9. The molecule has 2 heterocycles. The summed E-state index contributed by atoms with van der Waals surface area (Å²) in [6, 6.07) is 10.4. The lowest BCUT2D eigenvalue weighted by Gasteiger charge is -2.34. The molecule has 1 aliphatic heterocycles. The summed E-state index contributed by atoms with van der Waals surface area (Å²) in [5.74, 6) is 1.19. The molecule has 2 fully saturated rings. The van der Waals surface area contributed by atoms with Crippen molar-refractivity contribution in [1.29, 1.82) is 0 Å². The Hall–Kier alpha value is -1.85. The average molecular weight is 389 g/mol. The minimum atomic E-state index is 0. The first-order valence-corrected chi connectivity index (χ1v) is 9.72. The number of nitrogens with zero attached hydrogens (tertiary/aromatic N) is 3. The first-order valence-electron chi connectivity index (χ1n) is 9.72. The molecule has 146 valence electrons. The molecule has 1 aliphatic carbocycles. The van der Waals surface area contributed by atoms with E-state index in [1.165, 1.54) is 30.4 Å². The van der Waals surface area contributed by atoms with Crippen LogP contribution in [0.1, 0.15) is 36.3 Å². The lowest BCUT2D eigenvalue weighted by Crippen LogP contribution is -2.42. The van der Waals surface area contributed by atoms with Crippen LogP contribution in [0.25, 0.3) is 0 Å². The fourth-order valence-electron chi connectivity index (χ4n) is 4.18. The van der Waals surface area contributed by atoms with Gasteiger partial charge in [-0.2, -0.15) is 5.10 Å². The molecular weight excluding hydrogens is 360 g/mol. The zero-order valence-corrected chi connectivity index (χ0v) is 16.7. The van der Waals surface area contributed by atoms with Crippen LogP contribution in [0.2, 0.25) is 0 Å². The van der Waals surface area contributed by atoms with Gasteiger partial charge >= 0.3 is 0 Å². The summed E-state index contributed by atoms with van der Waals surface area (Å²) in [6.45, 7) is 3.22. The fourth-order valence-corrected chi connectivity index (χ4v) is 4.18. The van der Waals surface area contributed by atoms with E-state index in [0.29, 0.717) is 18.4 Å². The predicted molar refractivity (Wildman–Crippen MR) is 109 cm³/mol. The molecule has 1 N–H and O–H groups in total. The van der Waals surface area contributed by atoms with E-state index < -0.39 is 0 Å². The van der Waals surface area contributed by atoms with Crippen molar-refractivity contribution >= 4 is 18.3 Å². The van der Waals surface area contributed by atoms with Gasteiger partial charge in [0, 0.05) is 45.3 Å². The molecule has 4 rings (SSSR count). The van der Waals surface area contributed by atoms with Crippen LogP contribution in [-0.2, 0) is 18.4 Å². The topological polar surface area (TPSA) is 50.2 Å². The van der Waals surface area contributed by atoms with Gasteiger partial charge in [-0.3, -0.25) is 9.48 Å². The first kappa shape index (κ1) is 19.9. The van der Waals surface area contributed by atoms with E-state index in [2.05, 4.69) is 39.6 Å². The van der Waals surface area contributed by atoms with E-state index in [-0.39, 0.29) is 24.2 Å². The molecule has 6 heteroatoms. The second-order valence-corrected chi connectivity index (χ2v) is 7.82. The molecular formula is C21H29ClN4O. The molecule has 2 aliphatic rings. The van der Waals surface area contributed by atoms with Gasteiger partial charge in [0.15, 0.2) is 0 Å². The number of halogens is 1. The normalized spacial score (nSPS) is 22.1. The highest BCUT2D eigenvalue weighted by atomic mass is 35.5. The van der Waals surface area contributed by atoms with E-state index in [4.69, 9.17) is 0 Å². The fraction of sp³-hybridized carbons (Fsp3) is 0.524. The monoisotopic (exact) mass is 388 g/mol. The molecule has 2 aromatic rings. The molecule has 0 radical (unpaired) electrons. The molecule has 0 unspecified atom stereocenters. The van der Waals surface area contributed by atoms with Crippen molar-refractivity contribution < 1.29 is 4.79 Å². The summed E-state index contributed by atoms with van der Waals surface area (Å²) in [5.41, 5.74) is 2.38. The minimum Gasteiger partial charge on any atom is -0.338 e. The Labute approximate surface area is 167 Å². The molecule has 1 saturated carbocycles. The summed E-state index contributed by atoms with van der Waals surface area (Å²) in [6.07, 6.45) is 7.78. The van der Waals surface area contributed by atoms with Crippen molar-refractivity contribution in [2.75, 3.05) is 19.6 Å². The standard InChI is InChI=1S/C21H28N4O.ClH/c1-24-15-18(10-23-24)19-11-22-12-20(19)21(26)25(14-17-8-5-9-17)13-16-6-3-2-4-7-16;/h2-4,6-7,10,15,17,19-20,22H,5,8-9,11-14H2,1H3;1H/t19-,20+;/m1./s1. The number of hydrogen-bond donors (Lipinski definition) is 1. The van der Waals surface area contributed by atoms with Crippen LogP contribution in [0, 0.1) is 11.8 Å². The lowest BCUT2D eigenvalue weighted by molar-refractivity contribution is -0.137. The maximum Gasteiger partial charge on any atom is 0.227 e. The molecule has 1 saturated heterocycles. The van der Waals surface area contributed by atoms with Gasteiger partial charge in [-0.05, 0) is 29.9 Å². The molecule has 27 heavy (non-hydrogen) atoms. The van der Waals surface area contributed by atoms with Crippen LogP contribution in [0.3, 0.4) is 0 Å². The molecule has 0 bridgehead atoms. The van der Waals surface area contributed by atoms with E-state index in [0.717, 1.165) is 19.6 Å². The number of aryl methyl sites for hydroxylation is 1. The van der Waals surface area contributed by atoms with Gasteiger partial charge in [-0.25, -0.2) is 0 Å². The summed E-state index contributed by atoms with van der Waals surface area (Å²) >= 11 is 0. The Balaban J connectivity index is 0.00000210. The SMILES string of the molecule is Cl.Cn1cc([C@H]2CNC[C@@H]2C(=O)N(Cc2ccccc2)CC2CCC2)cn1.